The number of methoxy groups -OCH3 is 1. The third-order valence-corrected chi connectivity index (χ3v) is 2.21. The monoisotopic (exact) mass is 230 g/mol. The molecule has 1 aromatic heterocycles. The van der Waals surface area contributed by atoms with E-state index in [0.29, 0.717) is 17.6 Å². The Hall–Kier alpha value is -1.46. The summed E-state index contributed by atoms with van der Waals surface area (Å²) >= 11 is 0. The zero-order valence-corrected chi connectivity index (χ0v) is 8.82. The van der Waals surface area contributed by atoms with E-state index in [2.05, 4.69) is 9.97 Å². The van der Waals surface area contributed by atoms with Gasteiger partial charge in [-0.15, -0.1) is 0 Å². The largest absolute Gasteiger partial charge is 0.481 e. The molecule has 0 saturated heterocycles. The van der Waals surface area contributed by atoms with Gasteiger partial charge in [0.1, 0.15) is 5.82 Å². The number of rotatable bonds is 5. The molecule has 0 aromatic carbocycles. The molecule has 0 spiro atoms. The lowest BCUT2D eigenvalue weighted by atomic mass is 10.4. The number of hydrogen-bond donors (Lipinski definition) is 0. The molecule has 0 amide bonds. The zero-order chi connectivity index (χ0) is 11.5. The quantitative estimate of drug-likeness (QED) is 0.776. The molecule has 0 aliphatic heterocycles. The molecule has 1 heterocycles. The SMILES string of the molecule is COc1cc(OCC(F)F)nc(C2CC2)n1. The van der Waals surface area contributed by atoms with Gasteiger partial charge in [-0.25, -0.2) is 8.78 Å². The van der Waals surface area contributed by atoms with Gasteiger partial charge in [-0.1, -0.05) is 0 Å². The van der Waals surface area contributed by atoms with Crippen LogP contribution in [0, 0.1) is 0 Å². The second kappa shape index (κ2) is 4.59. The molecular formula is C10H12F2N2O2. The first-order chi connectivity index (χ1) is 7.69. The maximum Gasteiger partial charge on any atom is 0.272 e. The van der Waals surface area contributed by atoms with Crippen LogP contribution in [0.5, 0.6) is 11.8 Å². The first-order valence-electron chi connectivity index (χ1n) is 5.03. The van der Waals surface area contributed by atoms with E-state index in [1.54, 1.807) is 0 Å². The first-order valence-corrected chi connectivity index (χ1v) is 5.03. The molecule has 2 rings (SSSR count). The molecule has 0 atom stereocenters. The number of halogens is 2. The molecular weight excluding hydrogens is 218 g/mol. The fourth-order valence-electron chi connectivity index (χ4n) is 1.27. The van der Waals surface area contributed by atoms with Gasteiger partial charge in [0, 0.05) is 5.92 Å². The molecule has 0 bridgehead atoms. The second-order valence-corrected chi connectivity index (χ2v) is 3.58. The number of alkyl halides is 2. The summed E-state index contributed by atoms with van der Waals surface area (Å²) in [6.45, 7) is -0.662. The maximum atomic E-state index is 12.0. The van der Waals surface area contributed by atoms with Crippen LogP contribution in [0.25, 0.3) is 0 Å². The van der Waals surface area contributed by atoms with Crippen molar-refractivity contribution >= 4 is 0 Å². The summed E-state index contributed by atoms with van der Waals surface area (Å²) in [5.74, 6) is 1.43. The highest BCUT2D eigenvalue weighted by atomic mass is 19.3. The number of aromatic nitrogens is 2. The molecule has 88 valence electrons. The third-order valence-electron chi connectivity index (χ3n) is 2.21. The van der Waals surface area contributed by atoms with Crippen LogP contribution in [0.4, 0.5) is 8.78 Å². The summed E-state index contributed by atoms with van der Waals surface area (Å²) in [5.41, 5.74) is 0. The van der Waals surface area contributed by atoms with Gasteiger partial charge in [0.15, 0.2) is 6.61 Å². The fourth-order valence-corrected chi connectivity index (χ4v) is 1.27. The van der Waals surface area contributed by atoms with E-state index in [9.17, 15) is 8.78 Å². The van der Waals surface area contributed by atoms with Gasteiger partial charge in [0.2, 0.25) is 11.8 Å². The van der Waals surface area contributed by atoms with E-state index in [1.807, 2.05) is 0 Å². The highest BCUT2D eigenvalue weighted by Crippen LogP contribution is 2.39. The van der Waals surface area contributed by atoms with Crippen LogP contribution < -0.4 is 9.47 Å². The average Bonchev–Trinajstić information content (AvgIpc) is 3.09. The average molecular weight is 230 g/mol. The van der Waals surface area contributed by atoms with E-state index in [0.717, 1.165) is 12.8 Å². The third kappa shape index (κ3) is 2.77. The highest BCUT2D eigenvalue weighted by molar-refractivity contribution is 5.23. The Balaban J connectivity index is 2.12. The lowest BCUT2D eigenvalue weighted by Gasteiger charge is -2.07. The number of nitrogens with zero attached hydrogens (tertiary/aromatic N) is 2. The summed E-state index contributed by atoms with van der Waals surface area (Å²) in [7, 11) is 1.47. The van der Waals surface area contributed by atoms with Gasteiger partial charge in [-0.3, -0.25) is 0 Å². The van der Waals surface area contributed by atoms with Crippen molar-refractivity contribution in [3.8, 4) is 11.8 Å². The summed E-state index contributed by atoms with van der Waals surface area (Å²) in [6, 6.07) is 1.41. The van der Waals surface area contributed by atoms with Crippen molar-refractivity contribution in [3.63, 3.8) is 0 Å². The summed E-state index contributed by atoms with van der Waals surface area (Å²) in [5, 5.41) is 0. The van der Waals surface area contributed by atoms with Crippen LogP contribution in [-0.2, 0) is 0 Å². The maximum absolute atomic E-state index is 12.0. The highest BCUT2D eigenvalue weighted by Gasteiger charge is 2.27. The van der Waals surface area contributed by atoms with Gasteiger partial charge in [-0.05, 0) is 12.8 Å². The minimum atomic E-state index is -2.51. The van der Waals surface area contributed by atoms with Crippen LogP contribution in [0.15, 0.2) is 6.07 Å². The molecule has 1 aliphatic carbocycles. The standard InChI is InChI=1S/C10H12F2N2O2/c1-15-8-4-9(16-5-7(11)12)14-10(13-8)6-2-3-6/h4,6-7H,2-3,5H2,1H3. The van der Waals surface area contributed by atoms with Crippen molar-refractivity contribution in [2.75, 3.05) is 13.7 Å². The van der Waals surface area contributed by atoms with Crippen molar-refractivity contribution in [2.24, 2.45) is 0 Å². The molecule has 0 unspecified atom stereocenters. The predicted octanol–water partition coefficient (Wildman–Crippen LogP) is 2.01. The van der Waals surface area contributed by atoms with E-state index >= 15 is 0 Å². The zero-order valence-electron chi connectivity index (χ0n) is 8.82. The van der Waals surface area contributed by atoms with Gasteiger partial charge in [0.05, 0.1) is 13.2 Å². The minimum Gasteiger partial charge on any atom is -0.481 e. The van der Waals surface area contributed by atoms with Crippen molar-refractivity contribution in [3.05, 3.63) is 11.9 Å². The second-order valence-electron chi connectivity index (χ2n) is 3.58. The van der Waals surface area contributed by atoms with Crippen LogP contribution in [0.2, 0.25) is 0 Å². The van der Waals surface area contributed by atoms with Crippen molar-refractivity contribution in [1.82, 2.24) is 9.97 Å². The Morgan fingerprint density at radius 2 is 2.06 bits per heavy atom. The fraction of sp³-hybridized carbons (Fsp3) is 0.600. The molecule has 1 aliphatic rings. The minimum absolute atomic E-state index is 0.147. The normalized spacial score (nSPS) is 15.2. The summed E-state index contributed by atoms with van der Waals surface area (Å²) in [6.07, 6.45) is -0.451. The van der Waals surface area contributed by atoms with E-state index in [-0.39, 0.29) is 5.88 Å². The van der Waals surface area contributed by atoms with Gasteiger partial charge in [0.25, 0.3) is 6.43 Å². The first kappa shape index (κ1) is 11.0. The molecule has 4 nitrogen and oxygen atoms in total. The Labute approximate surface area is 91.6 Å². The van der Waals surface area contributed by atoms with Crippen molar-refractivity contribution < 1.29 is 18.3 Å². The summed E-state index contributed by atoms with van der Waals surface area (Å²) in [4.78, 5) is 8.21. The number of ether oxygens (including phenoxy) is 2. The molecule has 16 heavy (non-hydrogen) atoms. The Morgan fingerprint density at radius 3 is 2.62 bits per heavy atom. The van der Waals surface area contributed by atoms with E-state index in [4.69, 9.17) is 9.47 Å². The lowest BCUT2D eigenvalue weighted by molar-refractivity contribution is 0.0792. The van der Waals surface area contributed by atoms with Crippen LogP contribution in [0.3, 0.4) is 0 Å². The van der Waals surface area contributed by atoms with Gasteiger partial charge in [-0.2, -0.15) is 9.97 Å². The number of hydrogen-bond acceptors (Lipinski definition) is 4. The molecule has 0 N–H and O–H groups in total. The van der Waals surface area contributed by atoms with E-state index in [1.165, 1.54) is 13.2 Å². The molecule has 0 radical (unpaired) electrons. The van der Waals surface area contributed by atoms with Crippen molar-refractivity contribution in [1.29, 1.82) is 0 Å². The topological polar surface area (TPSA) is 44.2 Å². The van der Waals surface area contributed by atoms with Crippen LogP contribution >= 0.6 is 0 Å². The van der Waals surface area contributed by atoms with E-state index < -0.39 is 13.0 Å². The summed E-state index contributed by atoms with van der Waals surface area (Å²) < 4.78 is 33.8. The predicted molar refractivity (Wildman–Crippen MR) is 52.1 cm³/mol. The van der Waals surface area contributed by atoms with Gasteiger partial charge < -0.3 is 9.47 Å². The lowest BCUT2D eigenvalue weighted by Crippen LogP contribution is -2.09. The molecule has 1 saturated carbocycles. The molecule has 1 fully saturated rings. The van der Waals surface area contributed by atoms with Gasteiger partial charge >= 0.3 is 0 Å². The van der Waals surface area contributed by atoms with Crippen molar-refractivity contribution in [2.45, 2.75) is 25.2 Å². The Morgan fingerprint density at radius 1 is 1.38 bits per heavy atom. The Bertz CT molecular complexity index is 370. The van der Waals surface area contributed by atoms with Crippen LogP contribution in [-0.4, -0.2) is 30.1 Å². The molecule has 1 aromatic rings. The molecule has 6 heteroatoms. The van der Waals surface area contributed by atoms with Crippen LogP contribution in [0.1, 0.15) is 24.6 Å². The Kier molecular flexibility index (Phi) is 3.17. The smallest absolute Gasteiger partial charge is 0.272 e.